The van der Waals surface area contributed by atoms with E-state index in [4.69, 9.17) is 0 Å². The maximum atomic E-state index is 12.6. The minimum absolute atomic E-state index is 0.0841. The highest BCUT2D eigenvalue weighted by Gasteiger charge is 2.16. The van der Waals surface area contributed by atoms with Crippen molar-refractivity contribution in [2.24, 2.45) is 7.05 Å². The van der Waals surface area contributed by atoms with Crippen LogP contribution in [0.1, 0.15) is 40.1 Å². The Morgan fingerprint density at radius 3 is 2.54 bits per heavy atom. The van der Waals surface area contributed by atoms with Crippen LogP contribution >= 0.6 is 0 Å². The lowest BCUT2D eigenvalue weighted by Crippen LogP contribution is -2.27. The number of nitrogens with one attached hydrogen (secondary N) is 1. The number of carbonyl (C=O) groups is 1. The Hall–Kier alpha value is -2.82. The monoisotopic (exact) mass is 322 g/mol. The Bertz CT molecular complexity index is 862. The average molecular weight is 322 g/mol. The molecule has 5 nitrogen and oxygen atoms in total. The Kier molecular flexibility index (Phi) is 4.25. The lowest BCUT2D eigenvalue weighted by Gasteiger charge is -2.15. The molecule has 2 aromatic heterocycles. The number of aromatic nitrogens is 3. The Morgan fingerprint density at radius 1 is 1.21 bits per heavy atom. The molecule has 0 bridgehead atoms. The van der Waals surface area contributed by atoms with Crippen molar-refractivity contribution < 1.29 is 4.79 Å². The second-order valence-corrected chi connectivity index (χ2v) is 6.10. The average Bonchev–Trinajstić information content (AvgIpc) is 3.19. The molecular weight excluding hydrogens is 300 g/mol. The van der Waals surface area contributed by atoms with Crippen LogP contribution in [0.5, 0.6) is 0 Å². The molecule has 0 radical (unpaired) electrons. The summed E-state index contributed by atoms with van der Waals surface area (Å²) in [5.74, 6) is -0.0841. The Labute approximate surface area is 141 Å². The van der Waals surface area contributed by atoms with E-state index in [0.29, 0.717) is 5.56 Å². The Balaban J connectivity index is 1.83. The summed E-state index contributed by atoms with van der Waals surface area (Å²) in [6, 6.07) is 9.61. The number of hydrogen-bond donors (Lipinski definition) is 1. The zero-order valence-corrected chi connectivity index (χ0v) is 14.4. The molecule has 0 aliphatic carbocycles. The SMILES string of the molecule is Cc1ccc(C(=O)NC(C)c2cnn(C)c2C)cc1-n1cccc1. The van der Waals surface area contributed by atoms with Crippen molar-refractivity contribution in [2.75, 3.05) is 0 Å². The molecule has 3 aromatic rings. The van der Waals surface area contributed by atoms with Crippen molar-refractivity contribution >= 4 is 5.91 Å². The quantitative estimate of drug-likeness (QED) is 0.801. The van der Waals surface area contributed by atoms with Gasteiger partial charge in [-0.2, -0.15) is 5.10 Å². The summed E-state index contributed by atoms with van der Waals surface area (Å²) in [4.78, 5) is 12.6. The van der Waals surface area contributed by atoms with Crippen molar-refractivity contribution in [3.63, 3.8) is 0 Å². The third kappa shape index (κ3) is 2.97. The van der Waals surface area contributed by atoms with Crippen LogP contribution in [-0.4, -0.2) is 20.3 Å². The van der Waals surface area contributed by atoms with Crippen LogP contribution < -0.4 is 5.32 Å². The first-order valence-electron chi connectivity index (χ1n) is 8.00. The molecule has 1 amide bonds. The lowest BCUT2D eigenvalue weighted by atomic mass is 10.1. The standard InChI is InChI=1S/C19H22N4O/c1-13-7-8-16(11-18(13)23-9-5-6-10-23)19(24)21-14(2)17-12-20-22(4)15(17)3/h5-12,14H,1-4H3,(H,21,24). The molecule has 0 saturated heterocycles. The first-order valence-corrected chi connectivity index (χ1v) is 8.00. The molecule has 1 aromatic carbocycles. The van der Waals surface area contributed by atoms with Gasteiger partial charge in [0.25, 0.3) is 5.91 Å². The summed E-state index contributed by atoms with van der Waals surface area (Å²) in [7, 11) is 1.90. The fourth-order valence-electron chi connectivity index (χ4n) is 2.82. The van der Waals surface area contributed by atoms with Crippen molar-refractivity contribution in [2.45, 2.75) is 26.8 Å². The first-order chi connectivity index (χ1) is 11.5. The normalized spacial score (nSPS) is 12.2. The van der Waals surface area contributed by atoms with Gasteiger partial charge in [-0.25, -0.2) is 0 Å². The van der Waals surface area contributed by atoms with Crippen molar-refractivity contribution in [3.8, 4) is 5.69 Å². The summed E-state index contributed by atoms with van der Waals surface area (Å²) in [5, 5.41) is 7.30. The van der Waals surface area contributed by atoms with Crippen molar-refractivity contribution in [1.29, 1.82) is 0 Å². The van der Waals surface area contributed by atoms with Gasteiger partial charge in [0.05, 0.1) is 12.2 Å². The molecule has 1 N–H and O–H groups in total. The van der Waals surface area contributed by atoms with Gasteiger partial charge in [-0.05, 0) is 50.6 Å². The first kappa shape index (κ1) is 16.1. The maximum absolute atomic E-state index is 12.6. The zero-order chi connectivity index (χ0) is 17.3. The fraction of sp³-hybridized carbons (Fsp3) is 0.263. The van der Waals surface area contributed by atoms with Gasteiger partial charge in [-0.1, -0.05) is 6.07 Å². The number of aryl methyl sites for hydroxylation is 2. The van der Waals surface area contributed by atoms with Crippen molar-refractivity contribution in [1.82, 2.24) is 19.7 Å². The lowest BCUT2D eigenvalue weighted by molar-refractivity contribution is 0.0940. The van der Waals surface area contributed by atoms with Crippen LogP contribution in [-0.2, 0) is 7.05 Å². The smallest absolute Gasteiger partial charge is 0.251 e. The fourth-order valence-corrected chi connectivity index (χ4v) is 2.82. The summed E-state index contributed by atoms with van der Waals surface area (Å²) in [5.41, 5.74) is 4.87. The number of carbonyl (C=O) groups excluding carboxylic acids is 1. The van der Waals surface area contributed by atoms with E-state index >= 15 is 0 Å². The number of hydrogen-bond acceptors (Lipinski definition) is 2. The minimum atomic E-state index is -0.0949. The molecule has 1 atom stereocenters. The van der Waals surface area contributed by atoms with E-state index in [1.165, 1.54) is 0 Å². The predicted molar refractivity (Wildman–Crippen MR) is 94.3 cm³/mol. The molecule has 3 rings (SSSR count). The number of benzene rings is 1. The van der Waals surface area contributed by atoms with E-state index in [0.717, 1.165) is 22.5 Å². The summed E-state index contributed by atoms with van der Waals surface area (Å²) in [6.45, 7) is 6.02. The van der Waals surface area contributed by atoms with E-state index in [1.54, 1.807) is 6.20 Å². The van der Waals surface area contributed by atoms with Gasteiger partial charge < -0.3 is 9.88 Å². The number of nitrogens with zero attached hydrogens (tertiary/aromatic N) is 3. The summed E-state index contributed by atoms with van der Waals surface area (Å²) in [6.07, 6.45) is 5.76. The molecule has 124 valence electrons. The molecular formula is C19H22N4O. The van der Waals surface area contributed by atoms with Gasteiger partial charge >= 0.3 is 0 Å². The summed E-state index contributed by atoms with van der Waals surface area (Å²) >= 11 is 0. The number of amides is 1. The highest BCUT2D eigenvalue weighted by molar-refractivity contribution is 5.95. The van der Waals surface area contributed by atoms with Gasteiger partial charge in [0.2, 0.25) is 0 Å². The molecule has 2 heterocycles. The predicted octanol–water partition coefficient (Wildman–Crippen LogP) is 3.32. The van der Waals surface area contributed by atoms with E-state index in [1.807, 2.05) is 79.8 Å². The second-order valence-electron chi connectivity index (χ2n) is 6.10. The van der Waals surface area contributed by atoms with Gasteiger partial charge in [-0.3, -0.25) is 9.48 Å². The van der Waals surface area contributed by atoms with Crippen LogP contribution in [0, 0.1) is 13.8 Å². The van der Waals surface area contributed by atoms with Crippen LogP contribution in [0.2, 0.25) is 0 Å². The van der Waals surface area contributed by atoms with Gasteiger partial charge in [0.1, 0.15) is 0 Å². The molecule has 0 fully saturated rings. The van der Waals surface area contributed by atoms with E-state index in [9.17, 15) is 4.79 Å². The Morgan fingerprint density at radius 2 is 1.92 bits per heavy atom. The molecule has 0 aliphatic heterocycles. The number of rotatable bonds is 4. The van der Waals surface area contributed by atoms with Crippen molar-refractivity contribution in [3.05, 3.63) is 71.3 Å². The molecule has 1 unspecified atom stereocenters. The van der Waals surface area contributed by atoms with E-state index in [-0.39, 0.29) is 11.9 Å². The van der Waals surface area contributed by atoms with Gasteiger partial charge in [0, 0.05) is 41.9 Å². The molecule has 24 heavy (non-hydrogen) atoms. The molecule has 0 saturated carbocycles. The topological polar surface area (TPSA) is 51.9 Å². The molecule has 0 aliphatic rings. The van der Waals surface area contributed by atoms with Gasteiger partial charge in [-0.15, -0.1) is 0 Å². The second kappa shape index (κ2) is 6.35. The van der Waals surface area contributed by atoms with Crippen LogP contribution in [0.25, 0.3) is 5.69 Å². The molecule has 0 spiro atoms. The minimum Gasteiger partial charge on any atom is -0.345 e. The third-order valence-corrected chi connectivity index (χ3v) is 4.44. The van der Waals surface area contributed by atoms with Gasteiger partial charge in [0.15, 0.2) is 0 Å². The largest absolute Gasteiger partial charge is 0.345 e. The highest BCUT2D eigenvalue weighted by Crippen LogP contribution is 2.19. The van der Waals surface area contributed by atoms with Crippen LogP contribution in [0.15, 0.2) is 48.9 Å². The molecule has 5 heteroatoms. The van der Waals surface area contributed by atoms with E-state index < -0.39 is 0 Å². The van der Waals surface area contributed by atoms with Crippen LogP contribution in [0.4, 0.5) is 0 Å². The highest BCUT2D eigenvalue weighted by atomic mass is 16.1. The van der Waals surface area contributed by atoms with E-state index in [2.05, 4.69) is 10.4 Å². The zero-order valence-electron chi connectivity index (χ0n) is 14.4. The summed E-state index contributed by atoms with van der Waals surface area (Å²) < 4.78 is 3.83. The third-order valence-electron chi connectivity index (χ3n) is 4.44. The maximum Gasteiger partial charge on any atom is 0.251 e. The van der Waals surface area contributed by atoms with Crippen LogP contribution in [0.3, 0.4) is 0 Å².